The van der Waals surface area contributed by atoms with Crippen LogP contribution in [0.3, 0.4) is 0 Å². The maximum absolute atomic E-state index is 12.9. The van der Waals surface area contributed by atoms with Crippen LogP contribution in [0.4, 0.5) is 4.79 Å². The number of nitrogens with one attached hydrogen (secondary N) is 4. The van der Waals surface area contributed by atoms with Crippen LogP contribution in [0.2, 0.25) is 0 Å². The van der Waals surface area contributed by atoms with Crippen LogP contribution in [0.5, 0.6) is 0 Å². The molecule has 0 unspecified atom stereocenters. The molecule has 2 aliphatic rings. The standard InChI is InChI=1S/C28H38N6O9/c1-18(25(38)29-14-22(35)33-12-6-10-20(33)26(39)30-16-24(37)42-2)32-27(40)21-11-7-13-34(21)23(36)15-31-28(41)43-17-19-8-4-3-5-9-19/h3-5,8-9,18,20-21H,6-7,10-17H2,1-2H3,(H,29,38)(H,30,39)(H,31,41)(H,32,40)/t18-,20+,21+/m1/s1. The van der Waals surface area contributed by atoms with Gasteiger partial charge in [0, 0.05) is 13.1 Å². The molecule has 1 aromatic rings. The molecular formula is C28H38N6O9. The Hall–Kier alpha value is -4.69. The molecule has 234 valence electrons. The van der Waals surface area contributed by atoms with Crippen molar-refractivity contribution in [2.75, 3.05) is 39.8 Å². The highest BCUT2D eigenvalue weighted by atomic mass is 16.5. The van der Waals surface area contributed by atoms with Crippen molar-refractivity contribution in [1.29, 1.82) is 0 Å². The molecule has 0 spiro atoms. The minimum Gasteiger partial charge on any atom is -0.468 e. The first kappa shape index (κ1) is 32.8. The predicted octanol–water partition coefficient (Wildman–Crippen LogP) is -1.20. The average Bonchev–Trinajstić information content (AvgIpc) is 3.71. The van der Waals surface area contributed by atoms with Gasteiger partial charge in [0.25, 0.3) is 0 Å². The fraction of sp³-hybridized carbons (Fsp3) is 0.536. The van der Waals surface area contributed by atoms with Gasteiger partial charge >= 0.3 is 12.1 Å². The highest BCUT2D eigenvalue weighted by Crippen LogP contribution is 2.18. The molecule has 2 saturated heterocycles. The van der Waals surface area contributed by atoms with Gasteiger partial charge < -0.3 is 40.5 Å². The minimum absolute atomic E-state index is 0.0478. The van der Waals surface area contributed by atoms with Crippen molar-refractivity contribution in [2.45, 2.75) is 57.3 Å². The first-order chi connectivity index (χ1) is 20.6. The highest BCUT2D eigenvalue weighted by molar-refractivity contribution is 5.95. The van der Waals surface area contributed by atoms with E-state index in [1.807, 2.05) is 18.2 Å². The number of carbonyl (C=O) groups excluding carboxylic acids is 7. The number of ether oxygens (including phenoxy) is 2. The summed E-state index contributed by atoms with van der Waals surface area (Å²) in [6.45, 7) is 1.07. The first-order valence-corrected chi connectivity index (χ1v) is 14.1. The lowest BCUT2D eigenvalue weighted by atomic mass is 10.2. The molecule has 15 nitrogen and oxygen atoms in total. The van der Waals surface area contributed by atoms with Gasteiger partial charge in [0.1, 0.15) is 37.8 Å². The number of rotatable bonds is 12. The van der Waals surface area contributed by atoms with Gasteiger partial charge in [-0.25, -0.2) is 4.79 Å². The molecule has 3 rings (SSSR count). The summed E-state index contributed by atoms with van der Waals surface area (Å²) in [6, 6.07) is 6.46. The van der Waals surface area contributed by atoms with E-state index in [0.29, 0.717) is 38.8 Å². The SMILES string of the molecule is COC(=O)CNC(=O)[C@@H]1CCCN1C(=O)CNC(=O)[C@@H](C)NC(=O)[C@@H]1CCCN1C(=O)CNC(=O)OCc1ccccc1. The van der Waals surface area contributed by atoms with Crippen molar-refractivity contribution in [3.8, 4) is 0 Å². The van der Waals surface area contributed by atoms with Gasteiger partial charge in [-0.05, 0) is 38.2 Å². The molecule has 43 heavy (non-hydrogen) atoms. The van der Waals surface area contributed by atoms with Gasteiger partial charge in [-0.3, -0.25) is 28.8 Å². The molecule has 2 heterocycles. The average molecular weight is 603 g/mol. The lowest BCUT2D eigenvalue weighted by Crippen LogP contribution is -2.54. The van der Waals surface area contributed by atoms with Gasteiger partial charge in [0.2, 0.25) is 29.5 Å². The molecule has 4 N–H and O–H groups in total. The van der Waals surface area contributed by atoms with Crippen molar-refractivity contribution in [3.05, 3.63) is 35.9 Å². The number of amides is 6. The van der Waals surface area contributed by atoms with Gasteiger partial charge in [0.15, 0.2) is 0 Å². The fourth-order valence-corrected chi connectivity index (χ4v) is 4.84. The second kappa shape index (κ2) is 16.1. The number of nitrogens with zero attached hydrogens (tertiary/aromatic N) is 2. The molecule has 15 heteroatoms. The zero-order valence-electron chi connectivity index (χ0n) is 24.3. The van der Waals surface area contributed by atoms with E-state index in [2.05, 4.69) is 26.0 Å². The van der Waals surface area contributed by atoms with Gasteiger partial charge in [0.05, 0.1) is 13.7 Å². The number of hydrogen-bond donors (Lipinski definition) is 4. The van der Waals surface area contributed by atoms with Crippen LogP contribution in [0.1, 0.15) is 38.2 Å². The Bertz CT molecular complexity index is 1190. The minimum atomic E-state index is -1.01. The molecule has 0 bridgehead atoms. The summed E-state index contributed by atoms with van der Waals surface area (Å²) in [5, 5.41) is 9.87. The number of esters is 1. The van der Waals surface area contributed by atoms with Crippen molar-refractivity contribution >= 4 is 41.6 Å². The number of methoxy groups -OCH3 is 1. The molecule has 2 fully saturated rings. The molecule has 6 amide bonds. The second-order valence-corrected chi connectivity index (χ2v) is 10.1. The summed E-state index contributed by atoms with van der Waals surface area (Å²) in [6.07, 6.45) is 1.20. The monoisotopic (exact) mass is 602 g/mol. The third-order valence-electron chi connectivity index (χ3n) is 7.15. The van der Waals surface area contributed by atoms with E-state index >= 15 is 0 Å². The Labute approximate surface area is 249 Å². The third kappa shape index (κ3) is 9.68. The maximum Gasteiger partial charge on any atom is 0.407 e. The van der Waals surface area contributed by atoms with Crippen LogP contribution in [0, 0.1) is 0 Å². The number of alkyl carbamates (subject to hydrolysis) is 1. The smallest absolute Gasteiger partial charge is 0.407 e. The third-order valence-corrected chi connectivity index (χ3v) is 7.15. The zero-order valence-corrected chi connectivity index (χ0v) is 24.3. The van der Waals surface area contributed by atoms with Crippen LogP contribution < -0.4 is 21.3 Å². The molecule has 0 aromatic heterocycles. The van der Waals surface area contributed by atoms with Crippen LogP contribution in [0.15, 0.2) is 30.3 Å². The van der Waals surface area contributed by atoms with Crippen LogP contribution in [-0.2, 0) is 44.8 Å². The van der Waals surface area contributed by atoms with Gasteiger partial charge in [-0.1, -0.05) is 30.3 Å². The van der Waals surface area contributed by atoms with Gasteiger partial charge in [-0.2, -0.15) is 0 Å². The largest absolute Gasteiger partial charge is 0.468 e. The van der Waals surface area contributed by atoms with E-state index in [4.69, 9.17) is 4.74 Å². The Balaban J connectivity index is 1.41. The van der Waals surface area contributed by atoms with E-state index in [1.54, 1.807) is 12.1 Å². The first-order valence-electron chi connectivity index (χ1n) is 14.1. The molecule has 0 aliphatic carbocycles. The zero-order chi connectivity index (χ0) is 31.4. The molecule has 2 aliphatic heterocycles. The summed E-state index contributed by atoms with van der Waals surface area (Å²) in [5.74, 6) is -3.20. The number of hydrogen-bond acceptors (Lipinski definition) is 9. The Morgan fingerprint density at radius 3 is 2.00 bits per heavy atom. The molecule has 0 saturated carbocycles. The van der Waals surface area contributed by atoms with E-state index in [0.717, 1.165) is 5.56 Å². The summed E-state index contributed by atoms with van der Waals surface area (Å²) in [4.78, 5) is 89.4. The van der Waals surface area contributed by atoms with Crippen LogP contribution in [-0.4, -0.2) is 109 Å². The van der Waals surface area contributed by atoms with E-state index < -0.39 is 59.7 Å². The van der Waals surface area contributed by atoms with Crippen molar-refractivity contribution in [3.63, 3.8) is 0 Å². The van der Waals surface area contributed by atoms with Crippen molar-refractivity contribution < 1.29 is 43.0 Å². The highest BCUT2D eigenvalue weighted by Gasteiger charge is 2.36. The van der Waals surface area contributed by atoms with E-state index in [9.17, 15) is 33.6 Å². The molecule has 3 atom stereocenters. The lowest BCUT2D eigenvalue weighted by molar-refractivity contribution is -0.143. The fourth-order valence-electron chi connectivity index (χ4n) is 4.84. The Morgan fingerprint density at radius 2 is 1.40 bits per heavy atom. The number of benzene rings is 1. The Morgan fingerprint density at radius 1 is 0.814 bits per heavy atom. The molecule has 0 radical (unpaired) electrons. The second-order valence-electron chi connectivity index (χ2n) is 10.1. The molecule has 1 aromatic carbocycles. The van der Waals surface area contributed by atoms with E-state index in [1.165, 1.54) is 23.8 Å². The summed E-state index contributed by atoms with van der Waals surface area (Å²) in [7, 11) is 1.20. The van der Waals surface area contributed by atoms with Gasteiger partial charge in [-0.15, -0.1) is 0 Å². The lowest BCUT2D eigenvalue weighted by Gasteiger charge is -2.26. The Kier molecular flexibility index (Phi) is 12.3. The van der Waals surface area contributed by atoms with Crippen molar-refractivity contribution in [2.24, 2.45) is 0 Å². The maximum atomic E-state index is 12.9. The number of carbonyl (C=O) groups is 7. The van der Waals surface area contributed by atoms with Crippen molar-refractivity contribution in [1.82, 2.24) is 31.1 Å². The van der Waals surface area contributed by atoms with Crippen LogP contribution >= 0.6 is 0 Å². The van der Waals surface area contributed by atoms with Crippen LogP contribution in [0.25, 0.3) is 0 Å². The topological polar surface area (TPSA) is 193 Å². The number of likely N-dealkylation sites (tertiary alicyclic amines) is 2. The summed E-state index contributed by atoms with van der Waals surface area (Å²) in [5.41, 5.74) is 0.794. The quantitative estimate of drug-likeness (QED) is 0.213. The van der Waals surface area contributed by atoms with E-state index in [-0.39, 0.29) is 26.2 Å². The normalized spacial score (nSPS) is 18.3. The summed E-state index contributed by atoms with van der Waals surface area (Å²) >= 11 is 0. The predicted molar refractivity (Wildman–Crippen MR) is 150 cm³/mol. The summed E-state index contributed by atoms with van der Waals surface area (Å²) < 4.78 is 9.59. The molecular weight excluding hydrogens is 564 g/mol.